The Balaban J connectivity index is 2.82. The van der Waals surface area contributed by atoms with Gasteiger partial charge in [0.05, 0.1) is 5.52 Å². The molecule has 1 aromatic heterocycles. The average Bonchev–Trinajstić information content (AvgIpc) is 2.19. The quantitative estimate of drug-likeness (QED) is 0.788. The Bertz CT molecular complexity index is 542. The molecule has 0 amide bonds. The van der Waals surface area contributed by atoms with Gasteiger partial charge in [0.25, 0.3) is 0 Å². The number of aryl methyl sites for hydroxylation is 2. The fourth-order valence-corrected chi connectivity index (χ4v) is 2.02. The summed E-state index contributed by atoms with van der Waals surface area (Å²) in [6, 6.07) is 6.25. The molecule has 0 radical (unpaired) electrons. The number of benzene rings is 1. The summed E-state index contributed by atoms with van der Waals surface area (Å²) in [6.07, 6.45) is 0. The van der Waals surface area contributed by atoms with Crippen LogP contribution in [0.1, 0.15) is 36.6 Å². The van der Waals surface area contributed by atoms with Gasteiger partial charge in [0.2, 0.25) is 0 Å². The van der Waals surface area contributed by atoms with Crippen molar-refractivity contribution in [3.05, 3.63) is 35.0 Å². The molecular weight excluding hydrogens is 196 g/mol. The fourth-order valence-electron chi connectivity index (χ4n) is 2.02. The molecule has 0 saturated carbocycles. The van der Waals surface area contributed by atoms with Gasteiger partial charge in [0, 0.05) is 16.8 Å². The average molecular weight is 214 g/mol. The highest BCUT2D eigenvalue weighted by molar-refractivity contribution is 5.92. The predicted molar refractivity (Wildman–Crippen MR) is 69.7 cm³/mol. The highest BCUT2D eigenvalue weighted by Crippen LogP contribution is 2.27. The SMILES string of the molecule is Cc1cc(C)c2nc(C(C)C)cc(N)c2c1. The van der Waals surface area contributed by atoms with E-state index in [2.05, 4.69) is 39.8 Å². The van der Waals surface area contributed by atoms with Crippen molar-refractivity contribution in [1.29, 1.82) is 0 Å². The van der Waals surface area contributed by atoms with Gasteiger partial charge in [0.1, 0.15) is 0 Å². The second-order valence-electron chi connectivity index (χ2n) is 4.77. The Morgan fingerprint density at radius 3 is 2.44 bits per heavy atom. The number of pyridine rings is 1. The van der Waals surface area contributed by atoms with Crippen molar-refractivity contribution in [1.82, 2.24) is 4.98 Å². The Labute approximate surface area is 96.5 Å². The topological polar surface area (TPSA) is 38.9 Å². The van der Waals surface area contributed by atoms with Gasteiger partial charge in [-0.1, -0.05) is 25.5 Å². The molecule has 1 aromatic carbocycles. The van der Waals surface area contributed by atoms with E-state index >= 15 is 0 Å². The van der Waals surface area contributed by atoms with Gasteiger partial charge in [-0.05, 0) is 37.5 Å². The first-order chi connectivity index (χ1) is 7.49. The summed E-state index contributed by atoms with van der Waals surface area (Å²) < 4.78 is 0. The zero-order chi connectivity index (χ0) is 11.9. The Morgan fingerprint density at radius 1 is 1.12 bits per heavy atom. The molecule has 0 fully saturated rings. The lowest BCUT2D eigenvalue weighted by Crippen LogP contribution is -1.99. The van der Waals surface area contributed by atoms with Gasteiger partial charge >= 0.3 is 0 Å². The van der Waals surface area contributed by atoms with Crippen LogP contribution < -0.4 is 5.73 Å². The minimum Gasteiger partial charge on any atom is -0.398 e. The molecule has 2 aromatic rings. The van der Waals surface area contributed by atoms with Gasteiger partial charge in [-0.15, -0.1) is 0 Å². The van der Waals surface area contributed by atoms with Crippen molar-refractivity contribution in [3.8, 4) is 0 Å². The molecule has 2 N–H and O–H groups in total. The number of hydrogen-bond donors (Lipinski definition) is 1. The summed E-state index contributed by atoms with van der Waals surface area (Å²) in [5, 5.41) is 1.07. The van der Waals surface area contributed by atoms with Gasteiger partial charge in [-0.2, -0.15) is 0 Å². The molecule has 84 valence electrons. The van der Waals surface area contributed by atoms with Crippen molar-refractivity contribution in [2.75, 3.05) is 5.73 Å². The monoisotopic (exact) mass is 214 g/mol. The van der Waals surface area contributed by atoms with E-state index in [1.54, 1.807) is 0 Å². The van der Waals surface area contributed by atoms with E-state index < -0.39 is 0 Å². The number of nitrogens with two attached hydrogens (primary N) is 1. The molecule has 0 aliphatic carbocycles. The van der Waals surface area contributed by atoms with Gasteiger partial charge in [-0.3, -0.25) is 4.98 Å². The molecule has 0 saturated heterocycles. The van der Waals surface area contributed by atoms with Crippen LogP contribution in [0.25, 0.3) is 10.9 Å². The van der Waals surface area contributed by atoms with Crippen LogP contribution in [0.5, 0.6) is 0 Å². The predicted octanol–water partition coefficient (Wildman–Crippen LogP) is 3.56. The maximum Gasteiger partial charge on any atom is 0.0755 e. The van der Waals surface area contributed by atoms with E-state index in [1.165, 1.54) is 11.1 Å². The lowest BCUT2D eigenvalue weighted by atomic mass is 10.0. The van der Waals surface area contributed by atoms with Gasteiger partial charge in [-0.25, -0.2) is 0 Å². The van der Waals surface area contributed by atoms with Crippen LogP contribution in [0.2, 0.25) is 0 Å². The summed E-state index contributed by atoms with van der Waals surface area (Å²) in [5.74, 6) is 0.410. The third kappa shape index (κ3) is 1.75. The van der Waals surface area contributed by atoms with Crippen LogP contribution in [-0.4, -0.2) is 4.98 Å². The first kappa shape index (κ1) is 10.9. The van der Waals surface area contributed by atoms with E-state index in [1.807, 2.05) is 6.07 Å². The molecule has 2 heteroatoms. The summed E-state index contributed by atoms with van der Waals surface area (Å²) in [4.78, 5) is 4.70. The molecular formula is C14H18N2. The van der Waals surface area contributed by atoms with Crippen LogP contribution in [-0.2, 0) is 0 Å². The molecule has 0 bridgehead atoms. The van der Waals surface area contributed by atoms with Crippen LogP contribution in [0.15, 0.2) is 18.2 Å². The summed E-state index contributed by atoms with van der Waals surface area (Å²) in [5.41, 5.74) is 11.5. The van der Waals surface area contributed by atoms with E-state index in [0.717, 1.165) is 22.3 Å². The smallest absolute Gasteiger partial charge is 0.0755 e. The molecule has 2 nitrogen and oxygen atoms in total. The van der Waals surface area contributed by atoms with Crippen molar-refractivity contribution in [3.63, 3.8) is 0 Å². The van der Waals surface area contributed by atoms with E-state index in [9.17, 15) is 0 Å². The molecule has 2 rings (SSSR count). The number of nitrogens with zero attached hydrogens (tertiary/aromatic N) is 1. The number of nitrogen functional groups attached to an aromatic ring is 1. The number of anilines is 1. The standard InChI is InChI=1S/C14H18N2/c1-8(2)13-7-12(15)11-6-9(3)5-10(4)14(11)16-13/h5-8H,1-4H3,(H2,15,16). The lowest BCUT2D eigenvalue weighted by Gasteiger charge is -2.11. The van der Waals surface area contributed by atoms with Gasteiger partial charge < -0.3 is 5.73 Å². The minimum absolute atomic E-state index is 0.410. The molecule has 16 heavy (non-hydrogen) atoms. The molecule has 0 aliphatic rings. The minimum atomic E-state index is 0.410. The first-order valence-corrected chi connectivity index (χ1v) is 5.66. The Morgan fingerprint density at radius 2 is 1.81 bits per heavy atom. The Hall–Kier alpha value is -1.57. The normalized spacial score (nSPS) is 11.3. The molecule has 0 unspecified atom stereocenters. The van der Waals surface area contributed by atoms with E-state index in [0.29, 0.717) is 5.92 Å². The molecule has 0 spiro atoms. The van der Waals surface area contributed by atoms with Crippen molar-refractivity contribution >= 4 is 16.6 Å². The van der Waals surface area contributed by atoms with Crippen molar-refractivity contribution in [2.24, 2.45) is 0 Å². The number of fused-ring (bicyclic) bond motifs is 1. The van der Waals surface area contributed by atoms with E-state index in [-0.39, 0.29) is 0 Å². The zero-order valence-corrected chi connectivity index (χ0v) is 10.3. The first-order valence-electron chi connectivity index (χ1n) is 5.66. The summed E-state index contributed by atoms with van der Waals surface area (Å²) in [7, 11) is 0. The summed E-state index contributed by atoms with van der Waals surface area (Å²) in [6.45, 7) is 8.45. The maximum absolute atomic E-state index is 6.09. The molecule has 0 atom stereocenters. The highest BCUT2D eigenvalue weighted by atomic mass is 14.7. The van der Waals surface area contributed by atoms with Crippen LogP contribution in [0, 0.1) is 13.8 Å². The largest absolute Gasteiger partial charge is 0.398 e. The van der Waals surface area contributed by atoms with Crippen LogP contribution in [0.4, 0.5) is 5.69 Å². The van der Waals surface area contributed by atoms with E-state index in [4.69, 9.17) is 10.7 Å². The summed E-state index contributed by atoms with van der Waals surface area (Å²) >= 11 is 0. The third-order valence-electron chi connectivity index (χ3n) is 2.89. The van der Waals surface area contributed by atoms with Crippen LogP contribution in [0.3, 0.4) is 0 Å². The third-order valence-corrected chi connectivity index (χ3v) is 2.89. The van der Waals surface area contributed by atoms with Crippen molar-refractivity contribution in [2.45, 2.75) is 33.6 Å². The number of aromatic nitrogens is 1. The zero-order valence-electron chi connectivity index (χ0n) is 10.3. The molecule has 0 aliphatic heterocycles. The highest BCUT2D eigenvalue weighted by Gasteiger charge is 2.08. The second kappa shape index (κ2) is 3.78. The molecule has 1 heterocycles. The lowest BCUT2D eigenvalue weighted by molar-refractivity contribution is 0.830. The number of rotatable bonds is 1. The van der Waals surface area contributed by atoms with Crippen molar-refractivity contribution < 1.29 is 0 Å². The van der Waals surface area contributed by atoms with Crippen LogP contribution >= 0.6 is 0 Å². The maximum atomic E-state index is 6.09. The fraction of sp³-hybridized carbons (Fsp3) is 0.357. The Kier molecular flexibility index (Phi) is 2.58. The second-order valence-corrected chi connectivity index (χ2v) is 4.77. The number of hydrogen-bond acceptors (Lipinski definition) is 2. The van der Waals surface area contributed by atoms with Gasteiger partial charge in [0.15, 0.2) is 0 Å².